The van der Waals surface area contributed by atoms with Gasteiger partial charge in [0.2, 0.25) is 5.91 Å². The summed E-state index contributed by atoms with van der Waals surface area (Å²) < 4.78 is 5.47. The van der Waals surface area contributed by atoms with Crippen molar-refractivity contribution in [3.63, 3.8) is 0 Å². The topological polar surface area (TPSA) is 105 Å². The average molecular weight is 511 g/mol. The van der Waals surface area contributed by atoms with Gasteiger partial charge in [-0.15, -0.1) is 0 Å². The monoisotopic (exact) mass is 510 g/mol. The van der Waals surface area contributed by atoms with E-state index in [-0.39, 0.29) is 36.6 Å². The van der Waals surface area contributed by atoms with E-state index in [2.05, 4.69) is 29.7 Å². The van der Waals surface area contributed by atoms with Gasteiger partial charge in [0.1, 0.15) is 12.6 Å². The Balaban J connectivity index is 1.21. The summed E-state index contributed by atoms with van der Waals surface area (Å²) in [6.07, 6.45) is 3.77. The number of carboxylic acids is 1. The number of thioether (sulfide) groups is 1. The number of carbonyl (C=O) groups excluding carboxylic acids is 2. The molecule has 2 aromatic rings. The van der Waals surface area contributed by atoms with E-state index >= 15 is 0 Å². The minimum atomic E-state index is -1.12. The first-order valence-corrected chi connectivity index (χ1v) is 13.8. The van der Waals surface area contributed by atoms with Crippen LogP contribution in [0.2, 0.25) is 0 Å². The predicted octanol–water partition coefficient (Wildman–Crippen LogP) is 4.80. The fourth-order valence-corrected chi connectivity index (χ4v) is 5.89. The fraction of sp³-hybridized carbons (Fsp3) is 0.464. The van der Waals surface area contributed by atoms with Crippen molar-refractivity contribution in [1.82, 2.24) is 10.6 Å². The second-order valence-corrected chi connectivity index (χ2v) is 10.8. The van der Waals surface area contributed by atoms with Crippen LogP contribution in [-0.4, -0.2) is 53.3 Å². The molecule has 3 N–H and O–H groups in total. The van der Waals surface area contributed by atoms with E-state index in [0.717, 1.165) is 53.9 Å². The van der Waals surface area contributed by atoms with Gasteiger partial charge in [0, 0.05) is 12.0 Å². The molecule has 192 valence electrons. The van der Waals surface area contributed by atoms with Crippen LogP contribution in [0.25, 0.3) is 11.1 Å². The molecule has 1 fully saturated rings. The highest BCUT2D eigenvalue weighted by Crippen LogP contribution is 2.44. The molecule has 2 aliphatic carbocycles. The van der Waals surface area contributed by atoms with E-state index in [1.54, 1.807) is 0 Å². The molecule has 0 bridgehead atoms. The minimum Gasteiger partial charge on any atom is -0.480 e. The Kier molecular flexibility index (Phi) is 8.91. The molecule has 0 spiro atoms. The molecule has 2 aliphatic rings. The number of amides is 2. The fourth-order valence-electron chi connectivity index (χ4n) is 5.08. The van der Waals surface area contributed by atoms with E-state index in [9.17, 15) is 19.5 Å². The van der Waals surface area contributed by atoms with E-state index < -0.39 is 18.1 Å². The third-order valence-electron chi connectivity index (χ3n) is 7.10. The largest absolute Gasteiger partial charge is 0.480 e. The molecule has 0 radical (unpaired) electrons. The van der Waals surface area contributed by atoms with Gasteiger partial charge in [0.05, 0.1) is 5.75 Å². The number of benzene rings is 2. The quantitative estimate of drug-likeness (QED) is 0.397. The number of ether oxygens (including phenoxy) is 1. The second-order valence-electron chi connectivity index (χ2n) is 9.73. The predicted molar refractivity (Wildman–Crippen MR) is 141 cm³/mol. The van der Waals surface area contributed by atoms with Crippen LogP contribution in [0.3, 0.4) is 0 Å². The number of alkyl carbamates (subject to hydrolysis) is 1. The van der Waals surface area contributed by atoms with E-state index in [0.29, 0.717) is 5.75 Å². The van der Waals surface area contributed by atoms with Gasteiger partial charge in [-0.1, -0.05) is 55.5 Å². The van der Waals surface area contributed by atoms with Crippen LogP contribution in [0.4, 0.5) is 4.79 Å². The van der Waals surface area contributed by atoms with Gasteiger partial charge in [0.15, 0.2) is 0 Å². The van der Waals surface area contributed by atoms with Gasteiger partial charge in [-0.3, -0.25) is 4.79 Å². The number of aliphatic carboxylic acids is 1. The Morgan fingerprint density at radius 3 is 2.22 bits per heavy atom. The normalized spacial score (nSPS) is 19.6. The molecule has 2 aromatic carbocycles. The molecule has 0 aliphatic heterocycles. The zero-order valence-electron chi connectivity index (χ0n) is 20.6. The summed E-state index contributed by atoms with van der Waals surface area (Å²) in [5.41, 5.74) is 4.45. The zero-order chi connectivity index (χ0) is 25.5. The van der Waals surface area contributed by atoms with Crippen molar-refractivity contribution in [3.05, 3.63) is 59.7 Å². The molecule has 0 saturated heterocycles. The number of hydrogen-bond acceptors (Lipinski definition) is 5. The Hall–Kier alpha value is -3.00. The number of rotatable bonds is 10. The number of fused-ring (bicyclic) bond motifs is 3. The Morgan fingerprint density at radius 1 is 1.00 bits per heavy atom. The first-order valence-electron chi connectivity index (χ1n) is 12.6. The number of nitrogens with one attached hydrogen (secondary N) is 2. The molecule has 1 saturated carbocycles. The summed E-state index contributed by atoms with van der Waals surface area (Å²) in [6, 6.07) is 15.3. The molecular weight excluding hydrogens is 476 g/mol. The summed E-state index contributed by atoms with van der Waals surface area (Å²) >= 11 is 1.37. The third kappa shape index (κ3) is 6.60. The molecule has 0 heterocycles. The lowest BCUT2D eigenvalue weighted by molar-refractivity contribution is -0.139. The Morgan fingerprint density at radius 2 is 1.61 bits per heavy atom. The number of carboxylic acid groups (broad SMARTS) is 1. The van der Waals surface area contributed by atoms with Crippen LogP contribution in [0.5, 0.6) is 0 Å². The molecule has 4 rings (SSSR count). The van der Waals surface area contributed by atoms with Gasteiger partial charge in [-0.05, 0) is 66.0 Å². The standard InChI is InChI=1S/C28H34N2O5S/c1-18-10-12-19(13-11-18)29-26(31)17-36-15-14-25(27(32)33)30-28(34)35-16-24-22-8-4-2-6-20(22)21-7-3-5-9-23(21)24/h2-9,18-19,24-25H,10-17H2,1H3,(H,29,31)(H,30,34)(H,32,33). The maximum absolute atomic E-state index is 12.5. The first kappa shape index (κ1) is 26.1. The third-order valence-corrected chi connectivity index (χ3v) is 8.09. The summed E-state index contributed by atoms with van der Waals surface area (Å²) in [6.45, 7) is 2.37. The van der Waals surface area contributed by atoms with Crippen molar-refractivity contribution in [3.8, 4) is 11.1 Å². The van der Waals surface area contributed by atoms with Gasteiger partial charge in [-0.25, -0.2) is 9.59 Å². The lowest BCUT2D eigenvalue weighted by Gasteiger charge is -2.26. The summed E-state index contributed by atoms with van der Waals surface area (Å²) in [7, 11) is 0. The van der Waals surface area contributed by atoms with E-state index in [1.807, 2.05) is 36.4 Å². The Bertz CT molecular complexity index is 1040. The summed E-state index contributed by atoms with van der Waals surface area (Å²) in [5.74, 6) is 0.220. The van der Waals surface area contributed by atoms with E-state index in [1.165, 1.54) is 11.8 Å². The van der Waals surface area contributed by atoms with Crippen molar-refractivity contribution in [2.45, 2.75) is 57.0 Å². The van der Waals surface area contributed by atoms with Crippen molar-refractivity contribution in [1.29, 1.82) is 0 Å². The highest BCUT2D eigenvalue weighted by molar-refractivity contribution is 7.99. The molecule has 36 heavy (non-hydrogen) atoms. The molecule has 7 nitrogen and oxygen atoms in total. The smallest absolute Gasteiger partial charge is 0.407 e. The average Bonchev–Trinajstić information content (AvgIpc) is 3.19. The number of hydrogen-bond donors (Lipinski definition) is 3. The molecular formula is C28H34N2O5S. The van der Waals surface area contributed by atoms with Crippen molar-refractivity contribution >= 4 is 29.7 Å². The highest BCUT2D eigenvalue weighted by atomic mass is 32.2. The van der Waals surface area contributed by atoms with Crippen LogP contribution in [-0.2, 0) is 14.3 Å². The molecule has 0 aromatic heterocycles. The van der Waals surface area contributed by atoms with Crippen LogP contribution in [0.15, 0.2) is 48.5 Å². The first-order chi connectivity index (χ1) is 17.4. The second kappa shape index (κ2) is 12.3. The molecule has 1 unspecified atom stereocenters. The zero-order valence-corrected chi connectivity index (χ0v) is 21.4. The maximum atomic E-state index is 12.5. The Labute approximate surface area is 216 Å². The van der Waals surface area contributed by atoms with E-state index in [4.69, 9.17) is 4.74 Å². The van der Waals surface area contributed by atoms with Crippen LogP contribution in [0.1, 0.15) is 56.1 Å². The van der Waals surface area contributed by atoms with Crippen molar-refractivity contribution in [2.24, 2.45) is 5.92 Å². The lowest BCUT2D eigenvalue weighted by atomic mass is 9.87. The van der Waals surface area contributed by atoms with Crippen LogP contribution in [0, 0.1) is 5.92 Å². The highest BCUT2D eigenvalue weighted by Gasteiger charge is 2.29. The van der Waals surface area contributed by atoms with Crippen molar-refractivity contribution in [2.75, 3.05) is 18.1 Å². The molecule has 1 atom stereocenters. The number of carbonyl (C=O) groups is 3. The van der Waals surface area contributed by atoms with Crippen LogP contribution >= 0.6 is 11.8 Å². The van der Waals surface area contributed by atoms with Crippen molar-refractivity contribution < 1.29 is 24.2 Å². The minimum absolute atomic E-state index is 0.0177. The maximum Gasteiger partial charge on any atom is 0.407 e. The van der Waals surface area contributed by atoms with Gasteiger partial charge < -0.3 is 20.5 Å². The van der Waals surface area contributed by atoms with Crippen LogP contribution < -0.4 is 10.6 Å². The summed E-state index contributed by atoms with van der Waals surface area (Å²) in [4.78, 5) is 36.3. The summed E-state index contributed by atoms with van der Waals surface area (Å²) in [5, 5.41) is 15.1. The van der Waals surface area contributed by atoms with Gasteiger partial charge in [-0.2, -0.15) is 11.8 Å². The molecule has 2 amide bonds. The molecule has 8 heteroatoms. The SMILES string of the molecule is CC1CCC(NC(=O)CSCCC(NC(=O)OCC2c3ccccc3-c3ccccc32)C(=O)O)CC1. The lowest BCUT2D eigenvalue weighted by Crippen LogP contribution is -2.42. The van der Waals surface area contributed by atoms with Gasteiger partial charge in [0.25, 0.3) is 0 Å². The van der Waals surface area contributed by atoms with Gasteiger partial charge >= 0.3 is 12.1 Å².